The molecule has 0 aliphatic heterocycles. The highest BCUT2D eigenvalue weighted by Gasteiger charge is 2.00. The second-order valence-electron chi connectivity index (χ2n) is 4.93. The van der Waals surface area contributed by atoms with E-state index in [1.165, 1.54) is 16.7 Å². The number of ether oxygens (including phenoxy) is 1. The molecule has 2 rings (SSSR count). The van der Waals surface area contributed by atoms with Gasteiger partial charge in [-0.1, -0.05) is 36.4 Å². The fourth-order valence-electron chi connectivity index (χ4n) is 2.03. The van der Waals surface area contributed by atoms with E-state index in [-0.39, 0.29) is 6.10 Å². The molecule has 0 aliphatic carbocycles. The van der Waals surface area contributed by atoms with Gasteiger partial charge in [0.05, 0.1) is 6.10 Å². The molecule has 2 N–H and O–H groups in total. The average Bonchev–Trinajstić information content (AvgIpc) is 2.40. The SMILES string of the molecule is CC(C)Oc1ccc(-c2ccc(CCN)cc2)cc1. The summed E-state index contributed by atoms with van der Waals surface area (Å²) in [6, 6.07) is 16.8. The topological polar surface area (TPSA) is 35.2 Å². The standard InChI is InChI=1S/C17H21NO/c1-13(2)19-17-9-7-16(8-10-17)15-5-3-14(4-6-15)11-12-18/h3-10,13H,11-12,18H2,1-2H3. The quantitative estimate of drug-likeness (QED) is 0.885. The summed E-state index contributed by atoms with van der Waals surface area (Å²) in [5.74, 6) is 0.915. The van der Waals surface area contributed by atoms with Gasteiger partial charge < -0.3 is 10.5 Å². The van der Waals surface area contributed by atoms with Crippen LogP contribution in [0.3, 0.4) is 0 Å². The Morgan fingerprint density at radius 2 is 1.42 bits per heavy atom. The van der Waals surface area contributed by atoms with Gasteiger partial charge in [0.15, 0.2) is 0 Å². The minimum Gasteiger partial charge on any atom is -0.491 e. The molecule has 0 saturated heterocycles. The van der Waals surface area contributed by atoms with E-state index < -0.39 is 0 Å². The summed E-state index contributed by atoms with van der Waals surface area (Å²) in [5, 5.41) is 0. The molecule has 0 amide bonds. The van der Waals surface area contributed by atoms with Gasteiger partial charge in [0, 0.05) is 0 Å². The molecule has 100 valence electrons. The number of hydrogen-bond donors (Lipinski definition) is 1. The van der Waals surface area contributed by atoms with Crippen molar-refractivity contribution < 1.29 is 4.74 Å². The molecule has 19 heavy (non-hydrogen) atoms. The van der Waals surface area contributed by atoms with Crippen LogP contribution in [0.1, 0.15) is 19.4 Å². The van der Waals surface area contributed by atoms with Gasteiger partial charge >= 0.3 is 0 Å². The summed E-state index contributed by atoms with van der Waals surface area (Å²) >= 11 is 0. The summed E-state index contributed by atoms with van der Waals surface area (Å²) in [6.07, 6.45) is 1.14. The lowest BCUT2D eigenvalue weighted by Gasteiger charge is -2.10. The Kier molecular flexibility index (Phi) is 4.58. The van der Waals surface area contributed by atoms with Crippen molar-refractivity contribution in [3.8, 4) is 16.9 Å². The molecular weight excluding hydrogens is 234 g/mol. The van der Waals surface area contributed by atoms with E-state index >= 15 is 0 Å². The van der Waals surface area contributed by atoms with Crippen LogP contribution >= 0.6 is 0 Å². The largest absolute Gasteiger partial charge is 0.491 e. The first-order valence-corrected chi connectivity index (χ1v) is 6.75. The lowest BCUT2D eigenvalue weighted by atomic mass is 10.0. The van der Waals surface area contributed by atoms with Gasteiger partial charge in [-0.15, -0.1) is 0 Å². The van der Waals surface area contributed by atoms with Gasteiger partial charge in [-0.3, -0.25) is 0 Å². The normalized spacial score (nSPS) is 10.7. The van der Waals surface area contributed by atoms with Crippen molar-refractivity contribution in [2.24, 2.45) is 5.73 Å². The van der Waals surface area contributed by atoms with Crippen molar-refractivity contribution >= 4 is 0 Å². The second kappa shape index (κ2) is 6.39. The molecule has 2 aromatic carbocycles. The molecule has 0 fully saturated rings. The van der Waals surface area contributed by atoms with E-state index in [4.69, 9.17) is 10.5 Å². The molecule has 0 bridgehead atoms. The van der Waals surface area contributed by atoms with Crippen LogP contribution < -0.4 is 10.5 Å². The first kappa shape index (κ1) is 13.6. The lowest BCUT2D eigenvalue weighted by Crippen LogP contribution is -2.05. The molecule has 2 heteroatoms. The molecule has 0 aliphatic rings. The van der Waals surface area contributed by atoms with Gasteiger partial charge in [-0.25, -0.2) is 0 Å². The minimum absolute atomic E-state index is 0.210. The Bertz CT molecular complexity index is 500. The van der Waals surface area contributed by atoms with Crippen molar-refractivity contribution in [1.82, 2.24) is 0 Å². The predicted molar refractivity (Wildman–Crippen MR) is 80.4 cm³/mol. The van der Waals surface area contributed by atoms with Crippen molar-refractivity contribution in [1.29, 1.82) is 0 Å². The summed E-state index contributed by atoms with van der Waals surface area (Å²) < 4.78 is 5.64. The van der Waals surface area contributed by atoms with Crippen LogP contribution in [0.5, 0.6) is 5.75 Å². The molecule has 0 spiro atoms. The lowest BCUT2D eigenvalue weighted by molar-refractivity contribution is 0.242. The van der Waals surface area contributed by atoms with Gasteiger partial charge in [-0.2, -0.15) is 0 Å². The van der Waals surface area contributed by atoms with E-state index in [1.54, 1.807) is 0 Å². The van der Waals surface area contributed by atoms with Crippen LogP contribution in [0.15, 0.2) is 48.5 Å². The zero-order valence-electron chi connectivity index (χ0n) is 11.6. The van der Waals surface area contributed by atoms with Crippen LogP contribution in [0.4, 0.5) is 0 Å². The van der Waals surface area contributed by atoms with Crippen molar-refractivity contribution in [2.75, 3.05) is 6.54 Å². The molecule has 0 radical (unpaired) electrons. The maximum atomic E-state index is 5.64. The molecule has 0 atom stereocenters. The highest BCUT2D eigenvalue weighted by atomic mass is 16.5. The Morgan fingerprint density at radius 3 is 1.89 bits per heavy atom. The van der Waals surface area contributed by atoms with Crippen LogP contribution in [0.25, 0.3) is 11.1 Å². The second-order valence-corrected chi connectivity index (χ2v) is 4.93. The van der Waals surface area contributed by atoms with Gasteiger partial charge in [0.25, 0.3) is 0 Å². The minimum atomic E-state index is 0.210. The highest BCUT2D eigenvalue weighted by molar-refractivity contribution is 5.64. The number of benzene rings is 2. The molecule has 0 unspecified atom stereocenters. The molecule has 2 aromatic rings. The third-order valence-electron chi connectivity index (χ3n) is 2.95. The van der Waals surface area contributed by atoms with E-state index in [1.807, 2.05) is 26.0 Å². The molecular formula is C17H21NO. The van der Waals surface area contributed by atoms with Crippen LogP contribution in [0.2, 0.25) is 0 Å². The van der Waals surface area contributed by atoms with E-state index in [0.29, 0.717) is 6.54 Å². The highest BCUT2D eigenvalue weighted by Crippen LogP contribution is 2.23. The molecule has 0 aromatic heterocycles. The zero-order chi connectivity index (χ0) is 13.7. The Hall–Kier alpha value is -1.80. The zero-order valence-corrected chi connectivity index (χ0v) is 11.6. The smallest absolute Gasteiger partial charge is 0.119 e. The van der Waals surface area contributed by atoms with E-state index in [0.717, 1.165) is 12.2 Å². The number of hydrogen-bond acceptors (Lipinski definition) is 2. The summed E-state index contributed by atoms with van der Waals surface area (Å²) in [4.78, 5) is 0. The number of nitrogens with two attached hydrogens (primary N) is 1. The maximum absolute atomic E-state index is 5.64. The summed E-state index contributed by atoms with van der Waals surface area (Å²) in [6.45, 7) is 4.76. The molecule has 0 saturated carbocycles. The van der Waals surface area contributed by atoms with Crippen molar-refractivity contribution in [3.63, 3.8) is 0 Å². The average molecular weight is 255 g/mol. The fraction of sp³-hybridized carbons (Fsp3) is 0.294. The summed E-state index contributed by atoms with van der Waals surface area (Å²) in [5.41, 5.74) is 9.26. The first-order valence-electron chi connectivity index (χ1n) is 6.75. The van der Waals surface area contributed by atoms with E-state index in [9.17, 15) is 0 Å². The van der Waals surface area contributed by atoms with Crippen LogP contribution in [-0.2, 0) is 6.42 Å². The first-order chi connectivity index (χ1) is 9.19. The molecule has 0 heterocycles. The summed E-state index contributed by atoms with van der Waals surface area (Å²) in [7, 11) is 0. The Morgan fingerprint density at radius 1 is 0.895 bits per heavy atom. The third-order valence-corrected chi connectivity index (χ3v) is 2.95. The van der Waals surface area contributed by atoms with Crippen molar-refractivity contribution in [3.05, 3.63) is 54.1 Å². The van der Waals surface area contributed by atoms with Crippen LogP contribution in [-0.4, -0.2) is 12.6 Å². The monoisotopic (exact) mass is 255 g/mol. The van der Waals surface area contributed by atoms with Crippen LogP contribution in [0, 0.1) is 0 Å². The predicted octanol–water partition coefficient (Wildman–Crippen LogP) is 3.64. The Balaban J connectivity index is 2.13. The van der Waals surface area contributed by atoms with Gasteiger partial charge in [-0.05, 0) is 55.6 Å². The van der Waals surface area contributed by atoms with E-state index in [2.05, 4.69) is 36.4 Å². The fourth-order valence-corrected chi connectivity index (χ4v) is 2.03. The van der Waals surface area contributed by atoms with Gasteiger partial charge in [0.1, 0.15) is 5.75 Å². The third kappa shape index (κ3) is 3.83. The van der Waals surface area contributed by atoms with Gasteiger partial charge in [0.2, 0.25) is 0 Å². The molecule has 2 nitrogen and oxygen atoms in total. The van der Waals surface area contributed by atoms with Crippen molar-refractivity contribution in [2.45, 2.75) is 26.4 Å². The number of rotatable bonds is 5. The maximum Gasteiger partial charge on any atom is 0.119 e. The Labute approximate surface area is 115 Å².